The van der Waals surface area contributed by atoms with Gasteiger partial charge in [-0.2, -0.15) is 0 Å². The maximum Gasteiger partial charge on any atom is 0.261 e. The Balaban J connectivity index is 1.56. The Kier molecular flexibility index (Phi) is 8.89. The van der Waals surface area contributed by atoms with E-state index < -0.39 is 0 Å². The third-order valence-corrected chi connectivity index (χ3v) is 6.19. The fourth-order valence-electron chi connectivity index (χ4n) is 4.47. The molecule has 0 aliphatic carbocycles. The number of carbonyl (C=O) groups is 2. The number of amides is 2. The van der Waals surface area contributed by atoms with Gasteiger partial charge in [0.05, 0.1) is 0 Å². The lowest BCUT2D eigenvalue weighted by Gasteiger charge is -2.28. The minimum atomic E-state index is -0.171. The zero-order valence-corrected chi connectivity index (χ0v) is 18.9. The molecule has 2 aromatic carbocycles. The number of hydrogen-bond donors (Lipinski definition) is 2. The Hall–Kier alpha value is -2.40. The van der Waals surface area contributed by atoms with Crippen LogP contribution in [0.25, 0.3) is 10.8 Å². The summed E-state index contributed by atoms with van der Waals surface area (Å²) in [5.41, 5.74) is 7.77. The van der Waals surface area contributed by atoms with Crippen LogP contribution in [0.5, 0.6) is 0 Å². The molecule has 0 saturated heterocycles. The molecule has 5 heteroatoms. The van der Waals surface area contributed by atoms with E-state index in [1.54, 1.807) is 0 Å². The molecule has 0 fully saturated rings. The highest BCUT2D eigenvalue weighted by Gasteiger charge is 2.32. The van der Waals surface area contributed by atoms with Crippen molar-refractivity contribution in [1.82, 2.24) is 4.90 Å². The highest BCUT2D eigenvalue weighted by Crippen LogP contribution is 2.34. The summed E-state index contributed by atoms with van der Waals surface area (Å²) in [6, 6.07) is 9.44. The van der Waals surface area contributed by atoms with Gasteiger partial charge in [0.15, 0.2) is 0 Å². The average molecular weight is 424 g/mol. The highest BCUT2D eigenvalue weighted by molar-refractivity contribution is 6.26. The summed E-state index contributed by atoms with van der Waals surface area (Å²) in [6.45, 7) is 3.91. The molecule has 5 nitrogen and oxygen atoms in total. The SMILES string of the molecule is CCCCCCCCCCCCN1C(=O)c2cccc3c(NCCN)ccc(c23)C1=O. The maximum atomic E-state index is 13.1. The van der Waals surface area contributed by atoms with E-state index in [0.717, 1.165) is 29.3 Å². The van der Waals surface area contributed by atoms with Crippen molar-refractivity contribution in [3.8, 4) is 0 Å². The van der Waals surface area contributed by atoms with Crippen molar-refractivity contribution in [3.63, 3.8) is 0 Å². The first-order valence-electron chi connectivity index (χ1n) is 12.0. The van der Waals surface area contributed by atoms with Crippen LogP contribution in [0.15, 0.2) is 30.3 Å². The number of anilines is 1. The molecule has 0 spiro atoms. The lowest BCUT2D eigenvalue weighted by Crippen LogP contribution is -2.40. The van der Waals surface area contributed by atoms with Crippen LogP contribution in [0, 0.1) is 0 Å². The topological polar surface area (TPSA) is 75.4 Å². The first kappa shape index (κ1) is 23.3. The number of rotatable bonds is 14. The van der Waals surface area contributed by atoms with Crippen LogP contribution >= 0.6 is 0 Å². The Bertz CT molecular complexity index is 871. The van der Waals surface area contributed by atoms with Crippen LogP contribution < -0.4 is 11.1 Å². The van der Waals surface area contributed by atoms with Crippen LogP contribution in [0.3, 0.4) is 0 Å². The van der Waals surface area contributed by atoms with Gasteiger partial charge in [0.2, 0.25) is 0 Å². The van der Waals surface area contributed by atoms with Crippen molar-refractivity contribution >= 4 is 28.3 Å². The zero-order valence-electron chi connectivity index (χ0n) is 18.9. The molecule has 0 unspecified atom stereocenters. The number of unbranched alkanes of at least 4 members (excludes halogenated alkanes) is 9. The maximum absolute atomic E-state index is 13.1. The van der Waals surface area contributed by atoms with Gasteiger partial charge in [-0.15, -0.1) is 0 Å². The Morgan fingerprint density at radius 3 is 2.06 bits per heavy atom. The van der Waals surface area contributed by atoms with Gasteiger partial charge in [-0.05, 0) is 24.6 Å². The van der Waals surface area contributed by atoms with Gasteiger partial charge >= 0.3 is 0 Å². The molecule has 0 atom stereocenters. The van der Waals surface area contributed by atoms with E-state index >= 15 is 0 Å². The summed E-state index contributed by atoms with van der Waals surface area (Å²) >= 11 is 0. The summed E-state index contributed by atoms with van der Waals surface area (Å²) in [5, 5.41) is 4.96. The summed E-state index contributed by atoms with van der Waals surface area (Å²) in [4.78, 5) is 27.6. The Morgan fingerprint density at radius 2 is 1.42 bits per heavy atom. The monoisotopic (exact) mass is 423 g/mol. The molecule has 3 rings (SSSR count). The molecule has 168 valence electrons. The predicted octanol–water partition coefficient (Wildman–Crippen LogP) is 5.73. The van der Waals surface area contributed by atoms with Gasteiger partial charge in [0.1, 0.15) is 0 Å². The van der Waals surface area contributed by atoms with E-state index in [4.69, 9.17) is 5.73 Å². The smallest absolute Gasteiger partial charge is 0.261 e. The zero-order chi connectivity index (χ0) is 22.1. The highest BCUT2D eigenvalue weighted by atomic mass is 16.2. The second-order valence-electron chi connectivity index (χ2n) is 8.55. The lowest BCUT2D eigenvalue weighted by molar-refractivity contribution is 0.0608. The quantitative estimate of drug-likeness (QED) is 0.301. The molecule has 1 aliphatic rings. The van der Waals surface area contributed by atoms with Crippen molar-refractivity contribution < 1.29 is 9.59 Å². The predicted molar refractivity (Wildman–Crippen MR) is 129 cm³/mol. The van der Waals surface area contributed by atoms with Crippen LogP contribution in [0.4, 0.5) is 5.69 Å². The van der Waals surface area contributed by atoms with E-state index in [-0.39, 0.29) is 11.8 Å². The summed E-state index contributed by atoms with van der Waals surface area (Å²) in [6.07, 6.45) is 12.3. The van der Waals surface area contributed by atoms with Gasteiger partial charge in [-0.25, -0.2) is 0 Å². The second-order valence-corrected chi connectivity index (χ2v) is 8.55. The summed E-state index contributed by atoms with van der Waals surface area (Å²) in [7, 11) is 0. The summed E-state index contributed by atoms with van der Waals surface area (Å²) < 4.78 is 0. The molecule has 0 bridgehead atoms. The number of benzene rings is 2. The molecule has 1 heterocycles. The number of nitrogens with two attached hydrogens (primary N) is 1. The number of nitrogens with one attached hydrogen (secondary N) is 1. The van der Waals surface area contributed by atoms with Crippen molar-refractivity contribution in [1.29, 1.82) is 0 Å². The van der Waals surface area contributed by atoms with E-state index in [0.29, 0.717) is 30.8 Å². The van der Waals surface area contributed by atoms with Crippen molar-refractivity contribution in [3.05, 3.63) is 41.5 Å². The molecule has 0 aromatic heterocycles. The van der Waals surface area contributed by atoms with Crippen LogP contribution in [-0.4, -0.2) is 36.3 Å². The van der Waals surface area contributed by atoms with E-state index in [9.17, 15) is 9.59 Å². The third-order valence-electron chi connectivity index (χ3n) is 6.19. The average Bonchev–Trinajstić information content (AvgIpc) is 2.79. The normalized spacial score (nSPS) is 13.3. The molecular weight excluding hydrogens is 386 g/mol. The molecule has 1 aliphatic heterocycles. The van der Waals surface area contributed by atoms with Crippen LogP contribution in [0.1, 0.15) is 91.8 Å². The Labute approximate surface area is 186 Å². The van der Waals surface area contributed by atoms with Gasteiger partial charge in [0, 0.05) is 47.2 Å². The van der Waals surface area contributed by atoms with Crippen molar-refractivity contribution in [2.24, 2.45) is 5.73 Å². The van der Waals surface area contributed by atoms with Gasteiger partial charge < -0.3 is 11.1 Å². The molecule has 3 N–H and O–H groups in total. The fourth-order valence-corrected chi connectivity index (χ4v) is 4.47. The Morgan fingerprint density at radius 1 is 0.806 bits per heavy atom. The molecule has 31 heavy (non-hydrogen) atoms. The lowest BCUT2D eigenvalue weighted by atomic mass is 9.92. The van der Waals surface area contributed by atoms with E-state index in [2.05, 4.69) is 12.2 Å². The van der Waals surface area contributed by atoms with Crippen molar-refractivity contribution in [2.75, 3.05) is 25.0 Å². The number of carbonyl (C=O) groups excluding carboxylic acids is 2. The van der Waals surface area contributed by atoms with Crippen LogP contribution in [-0.2, 0) is 0 Å². The number of hydrogen-bond acceptors (Lipinski definition) is 4. The molecule has 2 aromatic rings. The van der Waals surface area contributed by atoms with Gasteiger partial charge in [0.25, 0.3) is 11.8 Å². The number of nitrogens with zero attached hydrogens (tertiary/aromatic N) is 1. The standard InChI is InChI=1S/C26H37N3O2/c1-2-3-4-5-6-7-8-9-10-11-19-29-25(30)21-14-12-13-20-23(28-18-17-27)16-15-22(24(20)21)26(29)31/h12-16,28H,2-11,17-19,27H2,1H3. The minimum Gasteiger partial charge on any atom is -0.383 e. The first-order valence-corrected chi connectivity index (χ1v) is 12.0. The molecule has 0 saturated carbocycles. The fraction of sp³-hybridized carbons (Fsp3) is 0.538. The molecule has 0 radical (unpaired) electrons. The molecular formula is C26H37N3O2. The van der Waals surface area contributed by atoms with E-state index in [1.165, 1.54) is 56.3 Å². The summed E-state index contributed by atoms with van der Waals surface area (Å²) in [5.74, 6) is -0.343. The van der Waals surface area contributed by atoms with Crippen molar-refractivity contribution in [2.45, 2.75) is 71.1 Å². The second kappa shape index (κ2) is 11.8. The number of imide groups is 1. The minimum absolute atomic E-state index is 0.171. The largest absolute Gasteiger partial charge is 0.383 e. The van der Waals surface area contributed by atoms with E-state index in [1.807, 2.05) is 30.3 Å². The van der Waals surface area contributed by atoms with Gasteiger partial charge in [-0.1, -0.05) is 76.8 Å². The van der Waals surface area contributed by atoms with Crippen LogP contribution in [0.2, 0.25) is 0 Å². The molecule has 2 amide bonds. The third kappa shape index (κ3) is 5.65. The van der Waals surface area contributed by atoms with Gasteiger partial charge in [-0.3, -0.25) is 14.5 Å². The first-order chi connectivity index (χ1) is 15.2.